The molecule has 0 radical (unpaired) electrons. The fourth-order valence-corrected chi connectivity index (χ4v) is 2.20. The third-order valence-corrected chi connectivity index (χ3v) is 3.49. The Hall–Kier alpha value is -1.51. The van der Waals surface area contributed by atoms with E-state index in [1.54, 1.807) is 7.11 Å². The molecule has 0 spiro atoms. The second-order valence-electron chi connectivity index (χ2n) is 4.47. The molecule has 0 aliphatic carbocycles. The van der Waals surface area contributed by atoms with Gasteiger partial charge in [-0.25, -0.2) is 0 Å². The summed E-state index contributed by atoms with van der Waals surface area (Å²) in [5.74, 6) is 0.906. The third kappa shape index (κ3) is 4.27. The molecule has 3 heteroatoms. The Balaban J connectivity index is 1.76. The predicted molar refractivity (Wildman–Crippen MR) is 78.6 cm³/mol. The second kappa shape index (κ2) is 7.17. The van der Waals surface area contributed by atoms with Gasteiger partial charge in [-0.05, 0) is 23.8 Å². The first kappa shape index (κ1) is 13.9. The van der Waals surface area contributed by atoms with Crippen molar-refractivity contribution in [3.05, 3.63) is 64.7 Å². The summed E-state index contributed by atoms with van der Waals surface area (Å²) in [6, 6.07) is 16.2. The highest BCUT2D eigenvalue weighted by Crippen LogP contribution is 2.13. The van der Waals surface area contributed by atoms with Crippen LogP contribution in [0.2, 0.25) is 5.02 Å². The zero-order chi connectivity index (χ0) is 13.5. The first-order chi connectivity index (χ1) is 9.29. The Morgan fingerprint density at radius 3 is 2.47 bits per heavy atom. The van der Waals surface area contributed by atoms with E-state index in [1.165, 1.54) is 11.1 Å². The summed E-state index contributed by atoms with van der Waals surface area (Å²) in [6.07, 6.45) is 1.05. The molecule has 0 aromatic heterocycles. The lowest BCUT2D eigenvalue weighted by Crippen LogP contribution is -2.83. The normalized spacial score (nSPS) is 10.4. The van der Waals surface area contributed by atoms with E-state index in [0.717, 1.165) is 30.3 Å². The fraction of sp³-hybridized carbons (Fsp3) is 0.250. The first-order valence-electron chi connectivity index (χ1n) is 6.47. The van der Waals surface area contributed by atoms with Crippen molar-refractivity contribution < 1.29 is 10.1 Å². The van der Waals surface area contributed by atoms with Gasteiger partial charge < -0.3 is 10.1 Å². The number of methoxy groups -OCH3 is 1. The van der Waals surface area contributed by atoms with Crippen LogP contribution in [0, 0.1) is 0 Å². The lowest BCUT2D eigenvalue weighted by atomic mass is 10.1. The van der Waals surface area contributed by atoms with Crippen LogP contribution >= 0.6 is 11.6 Å². The van der Waals surface area contributed by atoms with Gasteiger partial charge in [-0.3, -0.25) is 0 Å². The molecule has 0 aliphatic rings. The second-order valence-corrected chi connectivity index (χ2v) is 4.88. The van der Waals surface area contributed by atoms with E-state index >= 15 is 0 Å². The molecule has 0 unspecified atom stereocenters. The van der Waals surface area contributed by atoms with Crippen LogP contribution in [-0.4, -0.2) is 13.7 Å². The minimum atomic E-state index is 0.850. The summed E-state index contributed by atoms with van der Waals surface area (Å²) in [5, 5.41) is 3.13. The van der Waals surface area contributed by atoms with Gasteiger partial charge in [0.25, 0.3) is 0 Å². The maximum Gasteiger partial charge on any atom is 0.118 e. The van der Waals surface area contributed by atoms with Crippen LogP contribution in [0.4, 0.5) is 0 Å². The number of benzene rings is 2. The molecular formula is C16H19ClNO+. The summed E-state index contributed by atoms with van der Waals surface area (Å²) >= 11 is 6.12. The van der Waals surface area contributed by atoms with Gasteiger partial charge in [-0.2, -0.15) is 0 Å². The molecular weight excluding hydrogens is 258 g/mol. The van der Waals surface area contributed by atoms with Gasteiger partial charge in [0, 0.05) is 17.0 Å². The van der Waals surface area contributed by atoms with Crippen molar-refractivity contribution in [1.82, 2.24) is 0 Å². The molecule has 0 amide bonds. The molecule has 0 fully saturated rings. The molecule has 0 saturated carbocycles. The SMILES string of the molecule is COc1ccc(CC[NH2+]Cc2ccccc2Cl)cc1. The predicted octanol–water partition coefficient (Wildman–Crippen LogP) is 2.65. The molecule has 0 atom stereocenters. The van der Waals surface area contributed by atoms with Crippen molar-refractivity contribution in [2.75, 3.05) is 13.7 Å². The van der Waals surface area contributed by atoms with E-state index in [0.29, 0.717) is 0 Å². The smallest absolute Gasteiger partial charge is 0.118 e. The number of hydrogen-bond donors (Lipinski definition) is 1. The van der Waals surface area contributed by atoms with Crippen LogP contribution in [0.15, 0.2) is 48.5 Å². The number of ether oxygens (including phenoxy) is 1. The summed E-state index contributed by atoms with van der Waals surface area (Å²) < 4.78 is 5.14. The molecule has 0 aliphatic heterocycles. The van der Waals surface area contributed by atoms with Crippen molar-refractivity contribution in [1.29, 1.82) is 0 Å². The van der Waals surface area contributed by atoms with Gasteiger partial charge in [0.2, 0.25) is 0 Å². The Kier molecular flexibility index (Phi) is 5.25. The van der Waals surface area contributed by atoms with E-state index in [4.69, 9.17) is 16.3 Å². The van der Waals surface area contributed by atoms with Crippen molar-refractivity contribution in [2.45, 2.75) is 13.0 Å². The first-order valence-corrected chi connectivity index (χ1v) is 6.85. The van der Waals surface area contributed by atoms with Gasteiger partial charge in [0.15, 0.2) is 0 Å². The lowest BCUT2D eigenvalue weighted by Gasteiger charge is -2.05. The van der Waals surface area contributed by atoms with Crippen LogP contribution in [0.1, 0.15) is 11.1 Å². The summed E-state index contributed by atoms with van der Waals surface area (Å²) in [7, 11) is 1.69. The number of nitrogens with two attached hydrogens (primary N) is 1. The lowest BCUT2D eigenvalue weighted by molar-refractivity contribution is -0.670. The molecule has 2 N–H and O–H groups in total. The quantitative estimate of drug-likeness (QED) is 0.807. The molecule has 0 heterocycles. The molecule has 2 nitrogen and oxygen atoms in total. The Morgan fingerprint density at radius 2 is 1.79 bits per heavy atom. The van der Waals surface area contributed by atoms with Gasteiger partial charge in [0.05, 0.1) is 13.7 Å². The van der Waals surface area contributed by atoms with Crippen LogP contribution in [-0.2, 0) is 13.0 Å². The third-order valence-electron chi connectivity index (χ3n) is 3.12. The maximum absolute atomic E-state index is 6.12. The average Bonchev–Trinajstić information content (AvgIpc) is 2.46. The zero-order valence-corrected chi connectivity index (χ0v) is 11.9. The fourth-order valence-electron chi connectivity index (χ4n) is 1.98. The van der Waals surface area contributed by atoms with Gasteiger partial charge >= 0.3 is 0 Å². The van der Waals surface area contributed by atoms with E-state index in [9.17, 15) is 0 Å². The van der Waals surface area contributed by atoms with E-state index in [2.05, 4.69) is 23.5 Å². The van der Waals surface area contributed by atoms with Gasteiger partial charge in [-0.15, -0.1) is 0 Å². The van der Waals surface area contributed by atoms with Crippen molar-refractivity contribution in [3.8, 4) is 5.75 Å². The van der Waals surface area contributed by atoms with Crippen molar-refractivity contribution >= 4 is 11.6 Å². The largest absolute Gasteiger partial charge is 0.497 e. The van der Waals surface area contributed by atoms with Crippen molar-refractivity contribution in [2.24, 2.45) is 0 Å². The number of halogens is 1. The monoisotopic (exact) mass is 276 g/mol. The van der Waals surface area contributed by atoms with Crippen LogP contribution in [0.3, 0.4) is 0 Å². The molecule has 0 bridgehead atoms. The van der Waals surface area contributed by atoms with Gasteiger partial charge in [0.1, 0.15) is 12.3 Å². The molecule has 2 aromatic carbocycles. The molecule has 100 valence electrons. The Labute approximate surface area is 119 Å². The number of rotatable bonds is 6. The minimum Gasteiger partial charge on any atom is -0.497 e. The summed E-state index contributed by atoms with van der Waals surface area (Å²) in [4.78, 5) is 0. The molecule has 0 saturated heterocycles. The number of hydrogen-bond acceptors (Lipinski definition) is 1. The van der Waals surface area contributed by atoms with E-state index in [-0.39, 0.29) is 0 Å². The standard InChI is InChI=1S/C16H18ClNO/c1-19-15-8-6-13(7-9-15)10-11-18-12-14-4-2-3-5-16(14)17/h2-9,18H,10-12H2,1H3/p+1. The van der Waals surface area contributed by atoms with Gasteiger partial charge in [-0.1, -0.05) is 41.9 Å². The molecule has 2 aromatic rings. The molecule has 2 rings (SSSR count). The topological polar surface area (TPSA) is 25.8 Å². The van der Waals surface area contributed by atoms with Crippen molar-refractivity contribution in [3.63, 3.8) is 0 Å². The Morgan fingerprint density at radius 1 is 1.05 bits per heavy atom. The highest BCUT2D eigenvalue weighted by Gasteiger charge is 2.01. The summed E-state index contributed by atoms with van der Waals surface area (Å²) in [5.41, 5.74) is 2.52. The number of quaternary nitrogens is 1. The highest BCUT2D eigenvalue weighted by atomic mass is 35.5. The van der Waals surface area contributed by atoms with Crippen LogP contribution in [0.25, 0.3) is 0 Å². The summed E-state index contributed by atoms with van der Waals surface area (Å²) in [6.45, 7) is 1.98. The van der Waals surface area contributed by atoms with Crippen LogP contribution < -0.4 is 10.1 Å². The zero-order valence-electron chi connectivity index (χ0n) is 11.1. The maximum atomic E-state index is 6.12. The highest BCUT2D eigenvalue weighted by molar-refractivity contribution is 6.31. The minimum absolute atomic E-state index is 0.850. The van der Waals surface area contributed by atoms with Crippen LogP contribution in [0.5, 0.6) is 5.75 Å². The Bertz CT molecular complexity index is 510. The molecule has 19 heavy (non-hydrogen) atoms. The average molecular weight is 277 g/mol. The van der Waals surface area contributed by atoms with E-state index in [1.807, 2.05) is 30.3 Å². The van der Waals surface area contributed by atoms with E-state index < -0.39 is 0 Å².